The van der Waals surface area contributed by atoms with Crippen LogP contribution in [-0.4, -0.2) is 18.4 Å². The van der Waals surface area contributed by atoms with Crippen LogP contribution in [0.15, 0.2) is 40.8 Å². The molecule has 2 N–H and O–H groups in total. The average Bonchev–Trinajstić information content (AvgIpc) is 2.85. The number of thiophene rings is 1. The fraction of sp³-hybridized carbons (Fsp3) is 0.143. The van der Waals surface area contributed by atoms with Gasteiger partial charge in [0.05, 0.1) is 13.3 Å². The third-order valence-corrected chi connectivity index (χ3v) is 3.72. The number of hydrogen-bond acceptors (Lipinski definition) is 4. The number of ether oxygens (including phenoxy) is 1. The maximum Gasteiger partial charge on any atom is 0.191 e. The minimum Gasteiger partial charge on any atom is -0.497 e. The zero-order valence-electron chi connectivity index (χ0n) is 11.2. The molecule has 0 spiro atoms. The van der Waals surface area contributed by atoms with E-state index < -0.39 is 0 Å². The topological polar surface area (TPSA) is 45.6 Å². The smallest absolute Gasteiger partial charge is 0.191 e. The Morgan fingerprint density at radius 1 is 1.40 bits per heavy atom. The van der Waals surface area contributed by atoms with Gasteiger partial charge in [0.2, 0.25) is 0 Å². The summed E-state index contributed by atoms with van der Waals surface area (Å²) in [5.74, 6) is 0.774. The Morgan fingerprint density at radius 2 is 2.25 bits per heavy atom. The van der Waals surface area contributed by atoms with E-state index in [9.17, 15) is 0 Å². The van der Waals surface area contributed by atoms with Crippen molar-refractivity contribution in [3.05, 3.63) is 46.2 Å². The number of thiocarbonyl (C=S) groups is 1. The third kappa shape index (κ3) is 4.04. The molecule has 6 heteroatoms. The van der Waals surface area contributed by atoms with Crippen LogP contribution in [0.25, 0.3) is 0 Å². The first-order chi connectivity index (χ1) is 9.69. The molecule has 2 rings (SSSR count). The number of hydrogen-bond donors (Lipinski definition) is 2. The first-order valence-electron chi connectivity index (χ1n) is 5.97. The molecule has 0 aliphatic heterocycles. The first-order valence-corrected chi connectivity index (χ1v) is 7.26. The number of hydrazone groups is 1. The van der Waals surface area contributed by atoms with Crippen LogP contribution in [0.2, 0.25) is 0 Å². The second-order valence-corrected chi connectivity index (χ2v) is 5.38. The molecule has 0 bridgehead atoms. The van der Waals surface area contributed by atoms with Crippen LogP contribution in [-0.2, 0) is 0 Å². The summed E-state index contributed by atoms with van der Waals surface area (Å²) in [6.45, 7) is 2.05. The van der Waals surface area contributed by atoms with Crippen molar-refractivity contribution in [2.24, 2.45) is 5.10 Å². The summed E-state index contributed by atoms with van der Waals surface area (Å²) in [6, 6.07) is 9.59. The monoisotopic (exact) mass is 305 g/mol. The lowest BCUT2D eigenvalue weighted by Gasteiger charge is -2.08. The van der Waals surface area contributed by atoms with Crippen LogP contribution < -0.4 is 15.5 Å². The number of methoxy groups -OCH3 is 1. The van der Waals surface area contributed by atoms with Crippen molar-refractivity contribution in [3.63, 3.8) is 0 Å². The predicted molar refractivity (Wildman–Crippen MR) is 89.0 cm³/mol. The lowest BCUT2D eigenvalue weighted by molar-refractivity contribution is 0.415. The van der Waals surface area contributed by atoms with Gasteiger partial charge >= 0.3 is 0 Å². The van der Waals surface area contributed by atoms with E-state index in [1.165, 1.54) is 5.56 Å². The zero-order chi connectivity index (χ0) is 14.4. The molecule has 4 nitrogen and oxygen atoms in total. The fourth-order valence-corrected chi connectivity index (χ4v) is 2.48. The quantitative estimate of drug-likeness (QED) is 0.516. The Bertz CT molecular complexity index is 622. The molecule has 0 saturated carbocycles. The van der Waals surface area contributed by atoms with Gasteiger partial charge in [-0.1, -0.05) is 6.07 Å². The summed E-state index contributed by atoms with van der Waals surface area (Å²) >= 11 is 6.81. The van der Waals surface area contributed by atoms with Gasteiger partial charge in [0.1, 0.15) is 5.75 Å². The van der Waals surface area contributed by atoms with E-state index in [-0.39, 0.29) is 0 Å². The molecule has 1 heterocycles. The van der Waals surface area contributed by atoms with Crippen LogP contribution in [0.1, 0.15) is 10.4 Å². The molecule has 0 saturated heterocycles. The highest BCUT2D eigenvalue weighted by molar-refractivity contribution is 7.80. The zero-order valence-corrected chi connectivity index (χ0v) is 12.8. The van der Waals surface area contributed by atoms with Crippen molar-refractivity contribution in [2.45, 2.75) is 6.92 Å². The van der Waals surface area contributed by atoms with Crippen molar-refractivity contribution in [1.82, 2.24) is 5.43 Å². The molecule has 0 amide bonds. The Kier molecular flexibility index (Phi) is 5.09. The van der Waals surface area contributed by atoms with Gasteiger partial charge < -0.3 is 10.1 Å². The van der Waals surface area contributed by atoms with E-state index in [1.54, 1.807) is 24.7 Å². The Balaban J connectivity index is 1.89. The molecule has 0 aliphatic carbocycles. The van der Waals surface area contributed by atoms with Gasteiger partial charge in [-0.15, -0.1) is 11.3 Å². The maximum atomic E-state index is 5.17. The minimum atomic E-state index is 0.434. The SMILES string of the molecule is COc1cccc(NC(=S)N/N=C\c2sccc2C)c1. The summed E-state index contributed by atoms with van der Waals surface area (Å²) in [4.78, 5) is 1.11. The number of rotatable bonds is 4. The Hall–Kier alpha value is -1.92. The molecule has 0 atom stereocenters. The second-order valence-electron chi connectivity index (χ2n) is 4.02. The van der Waals surface area contributed by atoms with Crippen molar-refractivity contribution in [3.8, 4) is 5.75 Å². The van der Waals surface area contributed by atoms with E-state index >= 15 is 0 Å². The second kappa shape index (κ2) is 7.02. The van der Waals surface area contributed by atoms with Crippen LogP contribution in [0, 0.1) is 6.92 Å². The first kappa shape index (κ1) is 14.5. The highest BCUT2D eigenvalue weighted by Crippen LogP contribution is 2.16. The maximum absolute atomic E-state index is 5.17. The molecule has 1 aromatic carbocycles. The standard InChI is InChI=1S/C14H15N3OS2/c1-10-6-7-20-13(10)9-15-17-14(19)16-11-4-3-5-12(8-11)18-2/h3-9H,1-2H3,(H2,16,17,19)/b15-9-. The molecule has 2 aromatic rings. The summed E-state index contributed by atoms with van der Waals surface area (Å²) < 4.78 is 5.15. The van der Waals surface area contributed by atoms with Gasteiger partial charge in [0.25, 0.3) is 0 Å². The van der Waals surface area contributed by atoms with Crippen LogP contribution >= 0.6 is 23.6 Å². The normalized spacial score (nSPS) is 10.5. The predicted octanol–water partition coefficient (Wildman–Crippen LogP) is 3.39. The lowest BCUT2D eigenvalue weighted by Crippen LogP contribution is -2.23. The molecule has 104 valence electrons. The van der Waals surface area contributed by atoms with Gasteiger partial charge in [0, 0.05) is 16.6 Å². The summed E-state index contributed by atoms with van der Waals surface area (Å²) in [7, 11) is 1.63. The lowest BCUT2D eigenvalue weighted by atomic mass is 10.3. The fourth-order valence-electron chi connectivity index (χ4n) is 1.53. The van der Waals surface area contributed by atoms with E-state index in [2.05, 4.69) is 21.9 Å². The summed E-state index contributed by atoms with van der Waals surface area (Å²) in [5, 5.41) is 9.62. The van der Waals surface area contributed by atoms with Crippen LogP contribution in [0.4, 0.5) is 5.69 Å². The molecule has 0 aliphatic rings. The van der Waals surface area contributed by atoms with Crippen molar-refractivity contribution < 1.29 is 4.74 Å². The van der Waals surface area contributed by atoms with Crippen molar-refractivity contribution >= 4 is 40.6 Å². The van der Waals surface area contributed by atoms with Gasteiger partial charge in [-0.3, -0.25) is 5.43 Å². The molecule has 20 heavy (non-hydrogen) atoms. The van der Waals surface area contributed by atoms with Crippen molar-refractivity contribution in [2.75, 3.05) is 12.4 Å². The minimum absolute atomic E-state index is 0.434. The molecule has 0 unspecified atom stereocenters. The number of aryl methyl sites for hydroxylation is 1. The number of nitrogens with one attached hydrogen (secondary N) is 2. The molecule has 0 radical (unpaired) electrons. The third-order valence-electron chi connectivity index (χ3n) is 2.58. The average molecular weight is 305 g/mol. The van der Waals surface area contributed by atoms with Crippen molar-refractivity contribution in [1.29, 1.82) is 0 Å². The number of anilines is 1. The van der Waals surface area contributed by atoms with E-state index in [0.717, 1.165) is 16.3 Å². The Labute approximate surface area is 127 Å². The number of benzene rings is 1. The van der Waals surface area contributed by atoms with E-state index in [0.29, 0.717) is 5.11 Å². The molecular weight excluding hydrogens is 290 g/mol. The summed E-state index contributed by atoms with van der Waals surface area (Å²) in [5.41, 5.74) is 4.84. The van der Waals surface area contributed by atoms with Crippen LogP contribution in [0.5, 0.6) is 5.75 Å². The summed E-state index contributed by atoms with van der Waals surface area (Å²) in [6.07, 6.45) is 1.76. The van der Waals surface area contributed by atoms with Gasteiger partial charge in [0.15, 0.2) is 5.11 Å². The van der Waals surface area contributed by atoms with Gasteiger partial charge in [-0.2, -0.15) is 5.10 Å². The van der Waals surface area contributed by atoms with E-state index in [4.69, 9.17) is 17.0 Å². The van der Waals surface area contributed by atoms with Gasteiger partial charge in [-0.25, -0.2) is 0 Å². The van der Waals surface area contributed by atoms with Crippen LogP contribution in [0.3, 0.4) is 0 Å². The Morgan fingerprint density at radius 3 is 2.95 bits per heavy atom. The number of nitrogens with zero attached hydrogens (tertiary/aromatic N) is 1. The highest BCUT2D eigenvalue weighted by atomic mass is 32.1. The molecule has 0 fully saturated rings. The molecule has 1 aromatic heterocycles. The van der Waals surface area contributed by atoms with Gasteiger partial charge in [-0.05, 0) is 48.3 Å². The largest absolute Gasteiger partial charge is 0.497 e. The molecular formula is C14H15N3OS2. The highest BCUT2D eigenvalue weighted by Gasteiger charge is 1.99. The van der Waals surface area contributed by atoms with E-state index in [1.807, 2.05) is 36.6 Å².